The normalized spacial score (nSPS) is 11.2. The van der Waals surface area contributed by atoms with E-state index < -0.39 is 15.9 Å². The second-order valence-corrected chi connectivity index (χ2v) is 10.6. The summed E-state index contributed by atoms with van der Waals surface area (Å²) in [6.45, 7) is 7.43. The molecule has 3 aromatic carbocycles. The van der Waals surface area contributed by atoms with Crippen molar-refractivity contribution < 1.29 is 18.0 Å². The number of nitrogens with zero attached hydrogens (tertiary/aromatic N) is 1. The Balaban J connectivity index is 1.87. The molecular formula is C26H22BrClN2O4S. The number of halogens is 2. The van der Waals surface area contributed by atoms with E-state index in [2.05, 4.69) is 34.4 Å². The lowest BCUT2D eigenvalue weighted by atomic mass is 10.0. The van der Waals surface area contributed by atoms with Gasteiger partial charge in [0.15, 0.2) is 5.78 Å². The monoisotopic (exact) mass is 572 g/mol. The average molecular weight is 574 g/mol. The number of amides is 1. The number of nitrogens with one attached hydrogen (secondary N) is 1. The maximum absolute atomic E-state index is 13.1. The van der Waals surface area contributed by atoms with Gasteiger partial charge in [0.25, 0.3) is 5.91 Å². The van der Waals surface area contributed by atoms with Gasteiger partial charge in [-0.3, -0.25) is 9.59 Å². The summed E-state index contributed by atoms with van der Waals surface area (Å²) in [6.07, 6.45) is 2.98. The van der Waals surface area contributed by atoms with Crippen LogP contribution in [0.15, 0.2) is 101 Å². The van der Waals surface area contributed by atoms with Crippen LogP contribution in [0.4, 0.5) is 5.69 Å². The summed E-state index contributed by atoms with van der Waals surface area (Å²) in [5, 5.41) is 3.04. The first-order valence-electron chi connectivity index (χ1n) is 10.4. The number of carbonyl (C=O) groups is 2. The Morgan fingerprint density at radius 3 is 2.17 bits per heavy atom. The molecule has 0 aliphatic carbocycles. The molecule has 180 valence electrons. The van der Waals surface area contributed by atoms with Crippen LogP contribution in [0, 0.1) is 0 Å². The van der Waals surface area contributed by atoms with Crippen molar-refractivity contribution in [1.82, 2.24) is 4.31 Å². The predicted molar refractivity (Wildman–Crippen MR) is 143 cm³/mol. The fourth-order valence-electron chi connectivity index (χ4n) is 3.28. The van der Waals surface area contributed by atoms with E-state index in [0.717, 1.165) is 0 Å². The summed E-state index contributed by atoms with van der Waals surface area (Å²) in [5.41, 5.74) is 1.08. The zero-order valence-corrected chi connectivity index (χ0v) is 21.7. The lowest BCUT2D eigenvalue weighted by Gasteiger charge is -2.19. The Labute approximate surface area is 218 Å². The number of carbonyl (C=O) groups excluding carboxylic acids is 2. The molecule has 0 saturated heterocycles. The average Bonchev–Trinajstić information content (AvgIpc) is 2.85. The van der Waals surface area contributed by atoms with E-state index in [1.807, 2.05) is 0 Å². The van der Waals surface area contributed by atoms with E-state index in [-0.39, 0.29) is 34.9 Å². The van der Waals surface area contributed by atoms with Crippen LogP contribution in [-0.2, 0) is 10.0 Å². The number of anilines is 1. The van der Waals surface area contributed by atoms with Crippen LogP contribution in [0.25, 0.3) is 0 Å². The van der Waals surface area contributed by atoms with Gasteiger partial charge >= 0.3 is 0 Å². The molecule has 0 atom stereocenters. The highest BCUT2D eigenvalue weighted by Crippen LogP contribution is 2.27. The maximum atomic E-state index is 13.1. The van der Waals surface area contributed by atoms with Crippen molar-refractivity contribution in [3.8, 4) is 0 Å². The van der Waals surface area contributed by atoms with Crippen molar-refractivity contribution in [2.24, 2.45) is 0 Å². The minimum atomic E-state index is -3.79. The smallest absolute Gasteiger partial charge is 0.255 e. The molecule has 9 heteroatoms. The first-order valence-corrected chi connectivity index (χ1v) is 13.0. The van der Waals surface area contributed by atoms with Gasteiger partial charge in [-0.2, -0.15) is 4.31 Å². The van der Waals surface area contributed by atoms with E-state index in [1.165, 1.54) is 40.7 Å². The highest BCUT2D eigenvalue weighted by atomic mass is 79.9. The molecule has 0 aliphatic heterocycles. The largest absolute Gasteiger partial charge is 0.321 e. The molecule has 0 aliphatic rings. The zero-order valence-electron chi connectivity index (χ0n) is 18.6. The summed E-state index contributed by atoms with van der Waals surface area (Å²) in [5.74, 6) is -0.850. The molecule has 0 unspecified atom stereocenters. The Hall–Kier alpha value is -3.04. The molecule has 3 aromatic rings. The number of rotatable bonds is 10. The molecule has 0 radical (unpaired) electrons. The van der Waals surface area contributed by atoms with Crippen LogP contribution in [-0.4, -0.2) is 37.5 Å². The molecule has 0 bridgehead atoms. The lowest BCUT2D eigenvalue weighted by Crippen LogP contribution is -2.31. The first kappa shape index (κ1) is 26.6. The third-order valence-electron chi connectivity index (χ3n) is 5.01. The van der Waals surface area contributed by atoms with Gasteiger partial charge in [0.2, 0.25) is 10.0 Å². The van der Waals surface area contributed by atoms with Crippen LogP contribution < -0.4 is 5.32 Å². The molecule has 35 heavy (non-hydrogen) atoms. The standard InChI is InChI=1S/C26H22BrClN2O4S/c1-3-15-30(16-4-2)35(33,34)20-12-9-18(10-13-20)26(32)29-24-14-11-19(27)17-22(24)25(31)21-7-5-6-8-23(21)28/h3-14,17H,1-2,15-16H2,(H,29,32). The topological polar surface area (TPSA) is 83.6 Å². The van der Waals surface area contributed by atoms with Gasteiger partial charge in [-0.1, -0.05) is 51.8 Å². The summed E-state index contributed by atoms with van der Waals surface area (Å²) in [7, 11) is -3.79. The summed E-state index contributed by atoms with van der Waals surface area (Å²) >= 11 is 9.55. The Kier molecular flexibility index (Phi) is 8.80. The quantitative estimate of drug-likeness (QED) is 0.240. The molecule has 0 aromatic heterocycles. The Bertz CT molecular complexity index is 1380. The zero-order chi connectivity index (χ0) is 25.6. The minimum Gasteiger partial charge on any atom is -0.321 e. The van der Waals surface area contributed by atoms with E-state index in [4.69, 9.17) is 11.6 Å². The highest BCUT2D eigenvalue weighted by Gasteiger charge is 2.23. The second-order valence-electron chi connectivity index (χ2n) is 7.38. The number of ketones is 1. The van der Waals surface area contributed by atoms with Crippen molar-refractivity contribution in [3.05, 3.63) is 118 Å². The molecule has 1 N–H and O–H groups in total. The van der Waals surface area contributed by atoms with Gasteiger partial charge in [0, 0.05) is 34.3 Å². The molecule has 0 fully saturated rings. The SMILES string of the molecule is C=CCN(CC=C)S(=O)(=O)c1ccc(C(=O)Nc2ccc(Br)cc2C(=O)c2ccccc2Cl)cc1. The van der Waals surface area contributed by atoms with Gasteiger partial charge in [-0.25, -0.2) is 8.42 Å². The molecule has 1 amide bonds. The molecular weight excluding hydrogens is 552 g/mol. The van der Waals surface area contributed by atoms with Gasteiger partial charge in [0.1, 0.15) is 0 Å². The number of benzene rings is 3. The van der Waals surface area contributed by atoms with Gasteiger partial charge < -0.3 is 5.32 Å². The molecule has 0 saturated carbocycles. The van der Waals surface area contributed by atoms with Crippen molar-refractivity contribution in [3.63, 3.8) is 0 Å². The highest BCUT2D eigenvalue weighted by molar-refractivity contribution is 9.10. The molecule has 3 rings (SSSR count). The van der Waals surface area contributed by atoms with Crippen LogP contribution >= 0.6 is 27.5 Å². The van der Waals surface area contributed by atoms with E-state index in [0.29, 0.717) is 20.7 Å². The Morgan fingerprint density at radius 2 is 1.57 bits per heavy atom. The van der Waals surface area contributed by atoms with Gasteiger partial charge in [0.05, 0.1) is 15.6 Å². The van der Waals surface area contributed by atoms with Crippen molar-refractivity contribution in [1.29, 1.82) is 0 Å². The van der Waals surface area contributed by atoms with Crippen molar-refractivity contribution in [2.75, 3.05) is 18.4 Å². The van der Waals surface area contributed by atoms with Crippen LogP contribution in [0.1, 0.15) is 26.3 Å². The second kappa shape index (κ2) is 11.6. The number of hydrogen-bond donors (Lipinski definition) is 1. The fourth-order valence-corrected chi connectivity index (χ4v) is 5.25. The molecule has 6 nitrogen and oxygen atoms in total. The predicted octanol–water partition coefficient (Wildman–Crippen LogP) is 5.95. The third kappa shape index (κ3) is 6.15. The number of hydrogen-bond acceptors (Lipinski definition) is 4. The van der Waals surface area contributed by atoms with Crippen molar-refractivity contribution in [2.45, 2.75) is 4.90 Å². The van der Waals surface area contributed by atoms with Crippen LogP contribution in [0.2, 0.25) is 5.02 Å². The fraction of sp³-hybridized carbons (Fsp3) is 0.0769. The Morgan fingerprint density at radius 1 is 0.943 bits per heavy atom. The van der Waals surface area contributed by atoms with E-state index >= 15 is 0 Å². The third-order valence-corrected chi connectivity index (χ3v) is 7.68. The van der Waals surface area contributed by atoms with Crippen molar-refractivity contribution >= 4 is 54.9 Å². The van der Waals surface area contributed by atoms with Crippen LogP contribution in [0.3, 0.4) is 0 Å². The van der Waals surface area contributed by atoms with Gasteiger partial charge in [-0.15, -0.1) is 13.2 Å². The van der Waals surface area contributed by atoms with Crippen LogP contribution in [0.5, 0.6) is 0 Å². The molecule has 0 heterocycles. The minimum absolute atomic E-state index is 0.0379. The number of sulfonamides is 1. The van der Waals surface area contributed by atoms with E-state index in [9.17, 15) is 18.0 Å². The molecule has 0 spiro atoms. The summed E-state index contributed by atoms with van der Waals surface area (Å²) in [6, 6.07) is 17.1. The summed E-state index contributed by atoms with van der Waals surface area (Å²) in [4.78, 5) is 26.1. The van der Waals surface area contributed by atoms with E-state index in [1.54, 1.807) is 42.5 Å². The summed E-state index contributed by atoms with van der Waals surface area (Å²) < 4.78 is 27.6. The first-order chi connectivity index (χ1) is 16.7. The van der Waals surface area contributed by atoms with Gasteiger partial charge in [-0.05, 0) is 54.6 Å². The maximum Gasteiger partial charge on any atom is 0.255 e. The lowest BCUT2D eigenvalue weighted by molar-refractivity contribution is 0.102.